The highest BCUT2D eigenvalue weighted by atomic mass is 35.5. The van der Waals surface area contributed by atoms with Crippen LogP contribution in [0.5, 0.6) is 0 Å². The number of nitrogens with one attached hydrogen (secondary N) is 2. The number of carbonyl (C=O) groups is 2. The van der Waals surface area contributed by atoms with Gasteiger partial charge < -0.3 is 5.32 Å². The third-order valence-corrected chi connectivity index (χ3v) is 4.99. The summed E-state index contributed by atoms with van der Waals surface area (Å²) in [6.07, 6.45) is 4.76. The largest absolute Gasteiger partial charge is 0.325 e. The van der Waals surface area contributed by atoms with Crippen LogP contribution >= 0.6 is 11.6 Å². The molecule has 0 spiro atoms. The Balaban J connectivity index is 1.51. The minimum absolute atomic E-state index is 0.130. The third-order valence-electron chi connectivity index (χ3n) is 4.74. The van der Waals surface area contributed by atoms with Crippen LogP contribution in [0.3, 0.4) is 0 Å². The second-order valence-corrected chi connectivity index (χ2v) is 7.50. The summed E-state index contributed by atoms with van der Waals surface area (Å²) in [6, 6.07) is 13.1. The zero-order valence-corrected chi connectivity index (χ0v) is 16.7. The van der Waals surface area contributed by atoms with Crippen molar-refractivity contribution >= 4 is 34.8 Å². The van der Waals surface area contributed by atoms with Crippen LogP contribution in [0.1, 0.15) is 42.9 Å². The van der Waals surface area contributed by atoms with E-state index in [9.17, 15) is 9.59 Å². The van der Waals surface area contributed by atoms with Crippen LogP contribution in [0.2, 0.25) is 5.02 Å². The smallest absolute Gasteiger partial charge is 0.244 e. The Kier molecular flexibility index (Phi) is 6.82. The second kappa shape index (κ2) is 9.51. The number of carbonyl (C=O) groups excluding carboxylic acids is 2. The van der Waals surface area contributed by atoms with Gasteiger partial charge in [-0.15, -0.1) is 0 Å². The lowest BCUT2D eigenvalue weighted by Crippen LogP contribution is -2.23. The molecule has 0 aliphatic heterocycles. The Morgan fingerprint density at radius 3 is 2.57 bits per heavy atom. The van der Waals surface area contributed by atoms with Gasteiger partial charge in [-0.05, 0) is 67.5 Å². The van der Waals surface area contributed by atoms with Gasteiger partial charge in [-0.25, -0.2) is 5.43 Å². The number of benzene rings is 2. The normalized spacial score (nSPS) is 13.6. The average molecular weight is 398 g/mol. The maximum Gasteiger partial charge on any atom is 0.244 e. The Labute approximate surface area is 170 Å². The summed E-state index contributed by atoms with van der Waals surface area (Å²) < 4.78 is 0. The van der Waals surface area contributed by atoms with Crippen LogP contribution in [0, 0.1) is 0 Å². The van der Waals surface area contributed by atoms with E-state index in [0.717, 1.165) is 30.5 Å². The monoisotopic (exact) mass is 397 g/mol. The van der Waals surface area contributed by atoms with E-state index < -0.39 is 0 Å². The highest BCUT2D eigenvalue weighted by Gasteiger charge is 2.14. The Bertz CT molecular complexity index is 891. The zero-order chi connectivity index (χ0) is 19.9. The van der Waals surface area contributed by atoms with E-state index in [1.165, 1.54) is 17.5 Å². The number of nitrogens with zero attached hydrogens (tertiary/aromatic N) is 1. The number of hydrazone groups is 1. The van der Waals surface area contributed by atoms with Crippen molar-refractivity contribution in [2.75, 3.05) is 5.32 Å². The SMILES string of the molecule is CC(CC(=O)Nc1cccc2c1CCCC2)=NNC(=O)Cc1ccc(Cl)cc1. The van der Waals surface area contributed by atoms with Crippen molar-refractivity contribution < 1.29 is 9.59 Å². The van der Waals surface area contributed by atoms with E-state index in [-0.39, 0.29) is 24.7 Å². The van der Waals surface area contributed by atoms with Gasteiger partial charge in [0.2, 0.25) is 11.8 Å². The molecule has 6 heteroatoms. The van der Waals surface area contributed by atoms with Crippen molar-refractivity contribution in [3.05, 3.63) is 64.2 Å². The standard InChI is InChI=1S/C22H24ClN3O2/c1-15(25-26-22(28)14-16-9-11-18(23)12-10-16)13-21(27)24-20-8-4-6-17-5-2-3-7-19(17)20/h4,6,8-12H,2-3,5,7,13-14H2,1H3,(H,24,27)(H,26,28). The molecule has 0 bridgehead atoms. The summed E-state index contributed by atoms with van der Waals surface area (Å²) in [7, 11) is 0. The number of hydrogen-bond acceptors (Lipinski definition) is 3. The summed E-state index contributed by atoms with van der Waals surface area (Å²) in [5.74, 6) is -0.369. The highest BCUT2D eigenvalue weighted by molar-refractivity contribution is 6.30. The number of aryl methyl sites for hydroxylation is 1. The lowest BCUT2D eigenvalue weighted by atomic mass is 9.90. The molecule has 1 aliphatic rings. The molecular formula is C22H24ClN3O2. The first kappa shape index (κ1) is 20.1. The topological polar surface area (TPSA) is 70.6 Å². The number of anilines is 1. The fraction of sp³-hybridized carbons (Fsp3) is 0.318. The van der Waals surface area contributed by atoms with Crippen LogP contribution in [0.4, 0.5) is 5.69 Å². The summed E-state index contributed by atoms with van der Waals surface area (Å²) in [4.78, 5) is 24.3. The molecule has 0 saturated heterocycles. The quantitative estimate of drug-likeness (QED) is 0.564. The molecule has 2 aromatic rings. The number of halogens is 1. The summed E-state index contributed by atoms with van der Waals surface area (Å²) >= 11 is 5.84. The fourth-order valence-corrected chi connectivity index (χ4v) is 3.48. The van der Waals surface area contributed by atoms with Crippen molar-refractivity contribution in [3.8, 4) is 0 Å². The number of hydrogen-bond donors (Lipinski definition) is 2. The lowest BCUT2D eigenvalue weighted by molar-refractivity contribution is -0.120. The number of amides is 2. The van der Waals surface area contributed by atoms with E-state index in [2.05, 4.69) is 21.9 Å². The van der Waals surface area contributed by atoms with Gasteiger partial charge in [-0.2, -0.15) is 5.10 Å². The first-order valence-electron chi connectivity index (χ1n) is 9.48. The van der Waals surface area contributed by atoms with Gasteiger partial charge in [-0.3, -0.25) is 9.59 Å². The minimum atomic E-state index is -0.237. The van der Waals surface area contributed by atoms with Gasteiger partial charge in [0.25, 0.3) is 0 Å². The lowest BCUT2D eigenvalue weighted by Gasteiger charge is -2.19. The predicted molar refractivity (Wildman–Crippen MR) is 113 cm³/mol. The van der Waals surface area contributed by atoms with Crippen molar-refractivity contribution in [3.63, 3.8) is 0 Å². The first-order chi connectivity index (χ1) is 13.5. The van der Waals surface area contributed by atoms with Gasteiger partial charge in [0, 0.05) is 16.4 Å². The maximum atomic E-state index is 12.4. The zero-order valence-electron chi connectivity index (χ0n) is 15.9. The molecule has 0 heterocycles. The van der Waals surface area contributed by atoms with Gasteiger partial charge in [0.1, 0.15) is 0 Å². The van der Waals surface area contributed by atoms with E-state index in [4.69, 9.17) is 11.6 Å². The molecule has 0 unspecified atom stereocenters. The molecule has 1 aliphatic carbocycles. The molecule has 2 N–H and O–H groups in total. The predicted octanol–water partition coefficient (Wildman–Crippen LogP) is 4.28. The maximum absolute atomic E-state index is 12.4. The molecule has 0 saturated carbocycles. The van der Waals surface area contributed by atoms with Crippen molar-refractivity contribution in [1.82, 2.24) is 5.43 Å². The Morgan fingerprint density at radius 2 is 1.79 bits per heavy atom. The Hall–Kier alpha value is -2.66. The van der Waals surface area contributed by atoms with Crippen molar-refractivity contribution in [2.45, 2.75) is 45.4 Å². The summed E-state index contributed by atoms with van der Waals surface area (Å²) in [5, 5.41) is 7.65. The second-order valence-electron chi connectivity index (χ2n) is 7.06. The molecule has 0 fully saturated rings. The molecule has 0 atom stereocenters. The average Bonchev–Trinajstić information content (AvgIpc) is 2.68. The number of rotatable bonds is 6. The van der Waals surface area contributed by atoms with Crippen LogP contribution in [-0.4, -0.2) is 17.5 Å². The molecule has 28 heavy (non-hydrogen) atoms. The molecule has 2 amide bonds. The highest BCUT2D eigenvalue weighted by Crippen LogP contribution is 2.27. The summed E-state index contributed by atoms with van der Waals surface area (Å²) in [6.45, 7) is 1.72. The van der Waals surface area contributed by atoms with Gasteiger partial charge in [0.05, 0.1) is 12.8 Å². The summed E-state index contributed by atoms with van der Waals surface area (Å²) in [5.41, 5.74) is 7.35. The van der Waals surface area contributed by atoms with Crippen molar-refractivity contribution in [2.24, 2.45) is 5.10 Å². The molecule has 146 valence electrons. The Morgan fingerprint density at radius 1 is 1.04 bits per heavy atom. The van der Waals surface area contributed by atoms with Gasteiger partial charge in [0.15, 0.2) is 0 Å². The third kappa shape index (κ3) is 5.67. The van der Waals surface area contributed by atoms with E-state index in [1.54, 1.807) is 31.2 Å². The van der Waals surface area contributed by atoms with Crippen LogP contribution < -0.4 is 10.7 Å². The van der Waals surface area contributed by atoms with Crippen LogP contribution in [-0.2, 0) is 28.9 Å². The minimum Gasteiger partial charge on any atom is -0.325 e. The molecule has 3 rings (SSSR count). The first-order valence-corrected chi connectivity index (χ1v) is 9.86. The van der Waals surface area contributed by atoms with Crippen LogP contribution in [0.15, 0.2) is 47.6 Å². The molecular weight excluding hydrogens is 374 g/mol. The number of fused-ring (bicyclic) bond motifs is 1. The molecule has 5 nitrogen and oxygen atoms in total. The van der Waals surface area contributed by atoms with Crippen molar-refractivity contribution in [1.29, 1.82) is 0 Å². The van der Waals surface area contributed by atoms with E-state index in [0.29, 0.717) is 10.7 Å². The van der Waals surface area contributed by atoms with E-state index in [1.807, 2.05) is 12.1 Å². The van der Waals surface area contributed by atoms with Gasteiger partial charge in [-0.1, -0.05) is 35.9 Å². The molecule has 0 radical (unpaired) electrons. The van der Waals surface area contributed by atoms with Crippen LogP contribution in [0.25, 0.3) is 0 Å². The molecule has 2 aromatic carbocycles. The van der Waals surface area contributed by atoms with E-state index >= 15 is 0 Å². The molecule has 0 aromatic heterocycles. The van der Waals surface area contributed by atoms with Gasteiger partial charge >= 0.3 is 0 Å². The fourth-order valence-electron chi connectivity index (χ4n) is 3.35.